The monoisotopic (exact) mass is 464 g/mol. The van der Waals surface area contributed by atoms with Gasteiger partial charge in [0.1, 0.15) is 12.1 Å². The molecule has 3 aliphatic rings. The molecule has 0 bridgehead atoms. The summed E-state index contributed by atoms with van der Waals surface area (Å²) < 4.78 is 32.7. The summed E-state index contributed by atoms with van der Waals surface area (Å²) in [6.45, 7) is 2.48. The highest BCUT2D eigenvalue weighted by atomic mass is 32.2. The molecule has 174 valence electrons. The minimum absolute atomic E-state index is 0.105. The lowest BCUT2D eigenvalue weighted by atomic mass is 9.82. The Hall–Kier alpha value is -2.50. The van der Waals surface area contributed by atoms with E-state index in [4.69, 9.17) is 4.74 Å². The van der Waals surface area contributed by atoms with Gasteiger partial charge in [-0.25, -0.2) is 13.2 Å². The Kier molecular flexibility index (Phi) is 6.24. The average Bonchev–Trinajstić information content (AvgIpc) is 3.00. The van der Waals surface area contributed by atoms with E-state index in [9.17, 15) is 22.8 Å². The van der Waals surface area contributed by atoms with Crippen molar-refractivity contribution in [1.29, 1.82) is 0 Å². The van der Waals surface area contributed by atoms with Crippen LogP contribution in [0.1, 0.15) is 37.7 Å². The van der Waals surface area contributed by atoms with Crippen LogP contribution >= 0.6 is 0 Å². The number of benzene rings is 1. The lowest BCUT2D eigenvalue weighted by Gasteiger charge is -2.30. The first-order chi connectivity index (χ1) is 15.2. The van der Waals surface area contributed by atoms with Gasteiger partial charge in [-0.2, -0.15) is 4.31 Å². The average molecular weight is 465 g/mol. The zero-order chi connectivity index (χ0) is 22.9. The fraction of sp³-hybridized carbons (Fsp3) is 0.571. The number of carbonyl (C=O) groups is 3. The Morgan fingerprint density at radius 2 is 1.84 bits per heavy atom. The van der Waals surface area contributed by atoms with E-state index in [0.717, 1.165) is 24.2 Å². The van der Waals surface area contributed by atoms with Gasteiger partial charge in [-0.3, -0.25) is 14.5 Å². The normalized spacial score (nSPS) is 21.6. The van der Waals surface area contributed by atoms with Crippen LogP contribution in [0, 0.1) is 6.92 Å². The van der Waals surface area contributed by atoms with Crippen LogP contribution in [0.25, 0.3) is 0 Å². The predicted molar refractivity (Wildman–Crippen MR) is 115 cm³/mol. The van der Waals surface area contributed by atoms with Crippen LogP contribution in [0.2, 0.25) is 0 Å². The second kappa shape index (κ2) is 8.80. The number of rotatable bonds is 5. The number of carbonyl (C=O) groups excluding carboxylic acids is 3. The van der Waals surface area contributed by atoms with Crippen molar-refractivity contribution in [3.8, 4) is 0 Å². The fourth-order valence-corrected chi connectivity index (χ4v) is 6.20. The Morgan fingerprint density at radius 1 is 1.16 bits per heavy atom. The maximum Gasteiger partial charge on any atom is 0.325 e. The van der Waals surface area contributed by atoms with E-state index < -0.39 is 34.0 Å². The van der Waals surface area contributed by atoms with Gasteiger partial charge < -0.3 is 15.4 Å². The number of imide groups is 1. The van der Waals surface area contributed by atoms with Crippen molar-refractivity contribution in [2.24, 2.45) is 0 Å². The molecular weight excluding hydrogens is 436 g/mol. The van der Waals surface area contributed by atoms with E-state index in [1.165, 1.54) is 10.4 Å². The van der Waals surface area contributed by atoms with Crippen LogP contribution < -0.4 is 10.6 Å². The molecule has 2 heterocycles. The van der Waals surface area contributed by atoms with Gasteiger partial charge in [-0.05, 0) is 37.5 Å². The lowest BCUT2D eigenvalue weighted by molar-refractivity contribution is -0.134. The Labute approximate surface area is 187 Å². The van der Waals surface area contributed by atoms with E-state index in [-0.39, 0.29) is 29.6 Å². The summed E-state index contributed by atoms with van der Waals surface area (Å²) in [6, 6.07) is 4.06. The summed E-state index contributed by atoms with van der Waals surface area (Å²) in [5.74, 6) is -0.934. The van der Waals surface area contributed by atoms with E-state index in [1.54, 1.807) is 19.1 Å². The van der Waals surface area contributed by atoms with Gasteiger partial charge in [0, 0.05) is 18.8 Å². The molecule has 1 aromatic carbocycles. The van der Waals surface area contributed by atoms with Crippen LogP contribution in [0.3, 0.4) is 0 Å². The summed E-state index contributed by atoms with van der Waals surface area (Å²) >= 11 is 0. The number of amides is 4. The minimum atomic E-state index is -3.74. The van der Waals surface area contributed by atoms with Crippen LogP contribution in [0.5, 0.6) is 0 Å². The number of hydrogen-bond donors (Lipinski definition) is 2. The maximum atomic E-state index is 13.0. The highest BCUT2D eigenvalue weighted by Crippen LogP contribution is 2.33. The molecular formula is C21H28N4O6S. The number of morpholine rings is 1. The van der Waals surface area contributed by atoms with Gasteiger partial charge in [0.05, 0.1) is 18.1 Å². The molecule has 32 heavy (non-hydrogen) atoms. The van der Waals surface area contributed by atoms with E-state index in [0.29, 0.717) is 31.6 Å². The molecule has 1 aliphatic carbocycles. The molecule has 0 aromatic heterocycles. The molecule has 4 amide bonds. The smallest absolute Gasteiger partial charge is 0.325 e. The number of urea groups is 1. The molecule has 2 saturated heterocycles. The van der Waals surface area contributed by atoms with E-state index in [2.05, 4.69) is 10.6 Å². The zero-order valence-corrected chi connectivity index (χ0v) is 18.9. The quantitative estimate of drug-likeness (QED) is 0.631. The molecule has 0 radical (unpaired) electrons. The van der Waals surface area contributed by atoms with Gasteiger partial charge >= 0.3 is 6.03 Å². The summed E-state index contributed by atoms with van der Waals surface area (Å²) in [7, 11) is -3.74. The lowest BCUT2D eigenvalue weighted by Crippen LogP contribution is -2.48. The molecule has 0 unspecified atom stereocenters. The molecule has 1 saturated carbocycles. The number of ether oxygens (including phenoxy) is 1. The van der Waals surface area contributed by atoms with Crippen LogP contribution in [0.15, 0.2) is 23.1 Å². The molecule has 1 spiro atoms. The Morgan fingerprint density at radius 3 is 2.53 bits per heavy atom. The standard InChI is InChI=1S/C21H28N4O6S/c1-15-5-6-16(13-17(15)32(29,30)24-9-11-31-12-10-24)22-18(26)14-25-19(27)21(23-20(25)28)7-3-2-4-8-21/h5-6,13H,2-4,7-12,14H2,1H3,(H,22,26)(H,23,28). The Bertz CT molecular complexity index is 1030. The first-order valence-electron chi connectivity index (χ1n) is 10.9. The number of anilines is 1. The Balaban J connectivity index is 1.46. The first kappa shape index (κ1) is 22.7. The molecule has 11 heteroatoms. The second-order valence-corrected chi connectivity index (χ2v) is 10.4. The number of hydrogen-bond acceptors (Lipinski definition) is 6. The predicted octanol–water partition coefficient (Wildman–Crippen LogP) is 1.21. The number of nitrogens with zero attached hydrogens (tertiary/aromatic N) is 2. The molecule has 2 N–H and O–H groups in total. The van der Waals surface area contributed by atoms with Crippen molar-refractivity contribution in [3.63, 3.8) is 0 Å². The largest absolute Gasteiger partial charge is 0.379 e. The zero-order valence-electron chi connectivity index (χ0n) is 18.1. The van der Waals surface area contributed by atoms with Crippen molar-refractivity contribution in [3.05, 3.63) is 23.8 Å². The van der Waals surface area contributed by atoms with E-state index >= 15 is 0 Å². The molecule has 10 nitrogen and oxygen atoms in total. The van der Waals surface area contributed by atoms with Crippen molar-refractivity contribution < 1.29 is 27.5 Å². The van der Waals surface area contributed by atoms with E-state index in [1.807, 2.05) is 0 Å². The SMILES string of the molecule is Cc1ccc(NC(=O)CN2C(=O)NC3(CCCCC3)C2=O)cc1S(=O)(=O)N1CCOCC1. The van der Waals surface area contributed by atoms with Crippen molar-refractivity contribution in [2.45, 2.75) is 49.5 Å². The van der Waals surface area contributed by atoms with Crippen LogP contribution in [0.4, 0.5) is 10.5 Å². The second-order valence-electron chi connectivity index (χ2n) is 8.51. The molecule has 4 rings (SSSR count). The molecule has 0 atom stereocenters. The highest BCUT2D eigenvalue weighted by Gasteiger charge is 2.51. The van der Waals surface area contributed by atoms with Crippen LogP contribution in [-0.2, 0) is 24.3 Å². The summed E-state index contributed by atoms with van der Waals surface area (Å²) in [5, 5.41) is 5.40. The number of nitrogens with one attached hydrogen (secondary N) is 2. The maximum absolute atomic E-state index is 13.0. The van der Waals surface area contributed by atoms with Crippen LogP contribution in [-0.4, -0.2) is 73.9 Å². The molecule has 1 aromatic rings. The van der Waals surface area contributed by atoms with Gasteiger partial charge in [-0.1, -0.05) is 25.3 Å². The van der Waals surface area contributed by atoms with Gasteiger partial charge in [0.15, 0.2) is 0 Å². The van der Waals surface area contributed by atoms with Gasteiger partial charge in [-0.15, -0.1) is 0 Å². The third kappa shape index (κ3) is 4.24. The topological polar surface area (TPSA) is 125 Å². The molecule has 3 fully saturated rings. The summed E-state index contributed by atoms with van der Waals surface area (Å²) in [4.78, 5) is 38.9. The third-order valence-electron chi connectivity index (χ3n) is 6.31. The van der Waals surface area contributed by atoms with Gasteiger partial charge in [0.25, 0.3) is 5.91 Å². The minimum Gasteiger partial charge on any atom is -0.379 e. The molecule has 2 aliphatic heterocycles. The van der Waals surface area contributed by atoms with Crippen molar-refractivity contribution >= 4 is 33.6 Å². The number of sulfonamides is 1. The van der Waals surface area contributed by atoms with Gasteiger partial charge in [0.2, 0.25) is 15.9 Å². The highest BCUT2D eigenvalue weighted by molar-refractivity contribution is 7.89. The number of aryl methyl sites for hydroxylation is 1. The first-order valence-corrected chi connectivity index (χ1v) is 12.3. The van der Waals surface area contributed by atoms with Crippen molar-refractivity contribution in [2.75, 3.05) is 38.2 Å². The summed E-state index contributed by atoms with van der Waals surface area (Å²) in [5.41, 5.74) is -0.0477. The third-order valence-corrected chi connectivity index (χ3v) is 8.36. The fourth-order valence-electron chi connectivity index (χ4n) is 4.54. The summed E-state index contributed by atoms with van der Waals surface area (Å²) in [6.07, 6.45) is 3.90. The van der Waals surface area contributed by atoms with Crippen molar-refractivity contribution in [1.82, 2.24) is 14.5 Å².